The van der Waals surface area contributed by atoms with E-state index in [4.69, 9.17) is 0 Å². The summed E-state index contributed by atoms with van der Waals surface area (Å²) in [5.74, 6) is -0.207. The molecule has 0 amide bonds. The number of aryl methyl sites for hydroxylation is 1. The Kier molecular flexibility index (Phi) is 5.13. The van der Waals surface area contributed by atoms with Crippen molar-refractivity contribution in [2.75, 3.05) is 7.05 Å². The van der Waals surface area contributed by atoms with Gasteiger partial charge in [-0.1, -0.05) is 28.9 Å². The van der Waals surface area contributed by atoms with E-state index in [0.717, 1.165) is 22.9 Å². The van der Waals surface area contributed by atoms with Gasteiger partial charge in [0, 0.05) is 20.3 Å². The fraction of sp³-hybridized carbons (Fsp3) is 0.333. The normalized spacial score (nSPS) is 12.6. The fourth-order valence-electron chi connectivity index (χ4n) is 2.02. The number of rotatable bonds is 5. The topological polar surface area (TPSA) is 12.0 Å². The highest BCUT2D eigenvalue weighted by molar-refractivity contribution is 9.10. The zero-order valence-electron chi connectivity index (χ0n) is 11.0. The molecule has 1 N–H and O–H groups in total. The van der Waals surface area contributed by atoms with Gasteiger partial charge in [-0.05, 0) is 49.7 Å². The maximum Gasteiger partial charge on any atom is 0.124 e. The first-order chi connectivity index (χ1) is 9.13. The molecule has 19 heavy (non-hydrogen) atoms. The summed E-state index contributed by atoms with van der Waals surface area (Å²) in [6.07, 6.45) is 1.92. The molecule has 1 nitrogen and oxygen atoms in total. The van der Waals surface area contributed by atoms with Gasteiger partial charge in [-0.3, -0.25) is 0 Å². The quantitative estimate of drug-likeness (QED) is 0.829. The second-order valence-corrected chi connectivity index (χ2v) is 6.49. The Morgan fingerprint density at radius 3 is 2.68 bits per heavy atom. The smallest absolute Gasteiger partial charge is 0.124 e. The van der Waals surface area contributed by atoms with Crippen LogP contribution in [0.4, 0.5) is 4.39 Å². The lowest BCUT2D eigenvalue weighted by atomic mass is 10.0. The van der Waals surface area contributed by atoms with E-state index in [-0.39, 0.29) is 11.9 Å². The lowest BCUT2D eigenvalue weighted by Gasteiger charge is -2.15. The van der Waals surface area contributed by atoms with Crippen molar-refractivity contribution in [3.8, 4) is 0 Å². The number of nitrogens with one attached hydrogen (secondary N) is 1. The summed E-state index contributed by atoms with van der Waals surface area (Å²) < 4.78 is 13.9. The van der Waals surface area contributed by atoms with Crippen LogP contribution < -0.4 is 5.32 Å². The van der Waals surface area contributed by atoms with E-state index in [2.05, 4.69) is 40.3 Å². The summed E-state index contributed by atoms with van der Waals surface area (Å²) in [5.41, 5.74) is 1.12. The summed E-state index contributed by atoms with van der Waals surface area (Å²) in [4.78, 5) is 2.73. The largest absolute Gasteiger partial charge is 0.312 e. The van der Waals surface area contributed by atoms with Crippen LogP contribution in [-0.2, 0) is 12.8 Å². The second-order valence-electron chi connectivity index (χ2n) is 4.44. The Morgan fingerprint density at radius 1 is 1.32 bits per heavy atom. The van der Waals surface area contributed by atoms with Crippen molar-refractivity contribution in [2.24, 2.45) is 0 Å². The zero-order chi connectivity index (χ0) is 13.8. The van der Waals surface area contributed by atoms with Crippen LogP contribution in [0.2, 0.25) is 0 Å². The number of benzene rings is 1. The van der Waals surface area contributed by atoms with Crippen molar-refractivity contribution in [1.29, 1.82) is 0 Å². The number of likely N-dealkylation sites (N-methyl/N-ethyl adjacent to an activating group) is 1. The predicted octanol–water partition coefficient (Wildman–Crippen LogP) is 4.72. The fourth-order valence-corrected chi connectivity index (χ4v) is 3.60. The molecule has 0 radical (unpaired) electrons. The van der Waals surface area contributed by atoms with Gasteiger partial charge in [-0.25, -0.2) is 4.39 Å². The molecule has 2 rings (SSSR count). The molecule has 0 fully saturated rings. The van der Waals surface area contributed by atoms with E-state index in [0.29, 0.717) is 0 Å². The number of halogens is 2. The molecule has 102 valence electrons. The summed E-state index contributed by atoms with van der Waals surface area (Å²) in [6.45, 7) is 2.17. The number of hydrogen-bond acceptors (Lipinski definition) is 2. The van der Waals surface area contributed by atoms with Crippen LogP contribution >= 0.6 is 27.3 Å². The van der Waals surface area contributed by atoms with Crippen LogP contribution in [-0.4, -0.2) is 7.05 Å². The predicted molar refractivity (Wildman–Crippen MR) is 83.3 cm³/mol. The molecule has 1 unspecified atom stereocenters. The van der Waals surface area contributed by atoms with Crippen LogP contribution in [0.1, 0.15) is 28.3 Å². The molecule has 0 aliphatic carbocycles. The van der Waals surface area contributed by atoms with Crippen LogP contribution in [0.3, 0.4) is 0 Å². The van der Waals surface area contributed by atoms with Gasteiger partial charge in [-0.15, -0.1) is 11.3 Å². The standard InChI is InChI=1S/C15H17BrFNS/c1-3-12-6-7-15(19-12)14(18-2)8-10-4-5-11(17)9-13(10)16/h4-7,9,14,18H,3,8H2,1-2H3. The highest BCUT2D eigenvalue weighted by Gasteiger charge is 2.14. The van der Waals surface area contributed by atoms with Crippen LogP contribution in [0.5, 0.6) is 0 Å². The van der Waals surface area contributed by atoms with E-state index in [1.807, 2.05) is 24.5 Å². The first-order valence-electron chi connectivity index (χ1n) is 6.33. The van der Waals surface area contributed by atoms with Crippen LogP contribution in [0.25, 0.3) is 0 Å². The Bertz CT molecular complexity index is 553. The van der Waals surface area contributed by atoms with E-state index < -0.39 is 0 Å². The summed E-state index contributed by atoms with van der Waals surface area (Å²) >= 11 is 5.27. The van der Waals surface area contributed by atoms with Crippen LogP contribution in [0, 0.1) is 5.82 Å². The van der Waals surface area contributed by atoms with Gasteiger partial charge in [0.05, 0.1) is 0 Å². The van der Waals surface area contributed by atoms with Gasteiger partial charge < -0.3 is 5.32 Å². The lowest BCUT2D eigenvalue weighted by molar-refractivity contribution is 0.596. The molecule has 0 aliphatic rings. The minimum absolute atomic E-state index is 0.207. The van der Waals surface area contributed by atoms with Crippen molar-refractivity contribution >= 4 is 27.3 Å². The maximum atomic E-state index is 13.1. The van der Waals surface area contributed by atoms with E-state index >= 15 is 0 Å². The molecule has 1 atom stereocenters. The van der Waals surface area contributed by atoms with Crippen LogP contribution in [0.15, 0.2) is 34.8 Å². The maximum absolute atomic E-state index is 13.1. The Balaban J connectivity index is 2.18. The number of hydrogen-bond donors (Lipinski definition) is 1. The molecular weight excluding hydrogens is 325 g/mol. The molecule has 1 aromatic heterocycles. The summed E-state index contributed by atoms with van der Waals surface area (Å²) in [5, 5.41) is 3.34. The van der Waals surface area contributed by atoms with Gasteiger partial charge in [0.2, 0.25) is 0 Å². The first-order valence-corrected chi connectivity index (χ1v) is 7.94. The van der Waals surface area contributed by atoms with Crippen molar-refractivity contribution < 1.29 is 4.39 Å². The molecule has 4 heteroatoms. The SMILES string of the molecule is CCc1ccc(C(Cc2ccc(F)cc2Br)NC)s1. The lowest BCUT2D eigenvalue weighted by Crippen LogP contribution is -2.17. The molecule has 0 saturated heterocycles. The van der Waals surface area contributed by atoms with E-state index in [1.54, 1.807) is 0 Å². The second kappa shape index (κ2) is 6.64. The van der Waals surface area contributed by atoms with Gasteiger partial charge >= 0.3 is 0 Å². The molecule has 0 aliphatic heterocycles. The first kappa shape index (κ1) is 14.7. The molecule has 1 aromatic carbocycles. The van der Waals surface area contributed by atoms with Crippen molar-refractivity contribution in [2.45, 2.75) is 25.8 Å². The minimum atomic E-state index is -0.207. The van der Waals surface area contributed by atoms with E-state index in [9.17, 15) is 4.39 Å². The van der Waals surface area contributed by atoms with E-state index in [1.165, 1.54) is 21.9 Å². The molecule has 1 heterocycles. The highest BCUT2D eigenvalue weighted by Crippen LogP contribution is 2.29. The van der Waals surface area contributed by atoms with Crippen molar-refractivity contribution in [3.63, 3.8) is 0 Å². The van der Waals surface area contributed by atoms with Crippen molar-refractivity contribution in [3.05, 3.63) is 55.9 Å². The molecule has 0 saturated carbocycles. The average Bonchev–Trinajstić information content (AvgIpc) is 2.86. The minimum Gasteiger partial charge on any atom is -0.312 e. The van der Waals surface area contributed by atoms with Gasteiger partial charge in [-0.2, -0.15) is 0 Å². The van der Waals surface area contributed by atoms with Crippen molar-refractivity contribution in [1.82, 2.24) is 5.32 Å². The zero-order valence-corrected chi connectivity index (χ0v) is 13.4. The third-order valence-corrected chi connectivity index (χ3v) is 5.24. The molecule has 0 spiro atoms. The Labute approximate surface area is 126 Å². The third-order valence-electron chi connectivity index (χ3n) is 3.16. The van der Waals surface area contributed by atoms with Gasteiger partial charge in [0.25, 0.3) is 0 Å². The monoisotopic (exact) mass is 341 g/mol. The Morgan fingerprint density at radius 2 is 2.11 bits per heavy atom. The van der Waals surface area contributed by atoms with Gasteiger partial charge in [0.15, 0.2) is 0 Å². The number of thiophene rings is 1. The molecule has 0 bridgehead atoms. The highest BCUT2D eigenvalue weighted by atomic mass is 79.9. The van der Waals surface area contributed by atoms with Gasteiger partial charge in [0.1, 0.15) is 5.82 Å². The Hall–Kier alpha value is -0.710. The summed E-state index contributed by atoms with van der Waals surface area (Å²) in [7, 11) is 1.97. The average molecular weight is 342 g/mol. The summed E-state index contributed by atoms with van der Waals surface area (Å²) in [6, 6.07) is 9.52. The molecule has 2 aromatic rings. The third kappa shape index (κ3) is 3.65. The molecular formula is C15H17BrFNS.